The average Bonchev–Trinajstić information content (AvgIpc) is 3.09. The fraction of sp³-hybridized carbons (Fsp3) is 0.200. The lowest BCUT2D eigenvalue weighted by molar-refractivity contribution is -0.139. The van der Waals surface area contributed by atoms with Gasteiger partial charge >= 0.3 is 11.9 Å². The molecule has 168 valence electrons. The van der Waals surface area contributed by atoms with Gasteiger partial charge < -0.3 is 9.47 Å². The molecule has 1 aliphatic heterocycles. The molecule has 8 heteroatoms. The second kappa shape index (κ2) is 9.38. The molecule has 1 atom stereocenters. The van der Waals surface area contributed by atoms with Crippen LogP contribution in [0.15, 0.2) is 75.7 Å². The largest absolute Gasteiger partial charge is 0.463 e. The Hall–Kier alpha value is -3.78. The summed E-state index contributed by atoms with van der Waals surface area (Å²) in [7, 11) is 0. The summed E-state index contributed by atoms with van der Waals surface area (Å²) in [6.45, 7) is 5.07. The van der Waals surface area contributed by atoms with Gasteiger partial charge in [-0.3, -0.25) is 14.2 Å². The van der Waals surface area contributed by atoms with Gasteiger partial charge in [-0.25, -0.2) is 9.79 Å². The van der Waals surface area contributed by atoms with Crippen molar-refractivity contribution in [1.29, 1.82) is 0 Å². The van der Waals surface area contributed by atoms with Crippen LogP contribution >= 0.6 is 11.3 Å². The minimum absolute atomic E-state index is 0.227. The number of hydrogen-bond donors (Lipinski definition) is 0. The van der Waals surface area contributed by atoms with Crippen LogP contribution in [0.1, 0.15) is 37.9 Å². The smallest absolute Gasteiger partial charge is 0.338 e. The molecule has 0 aliphatic carbocycles. The molecule has 0 unspecified atom stereocenters. The van der Waals surface area contributed by atoms with Crippen LogP contribution in [0.25, 0.3) is 6.08 Å². The third-order valence-corrected chi connectivity index (χ3v) is 6.05. The number of fused-ring (bicyclic) bond motifs is 1. The molecule has 0 radical (unpaired) electrons. The van der Waals surface area contributed by atoms with E-state index in [0.717, 1.165) is 11.1 Å². The van der Waals surface area contributed by atoms with Crippen LogP contribution in [-0.4, -0.2) is 23.1 Å². The summed E-state index contributed by atoms with van der Waals surface area (Å²) in [5, 5.41) is 0. The summed E-state index contributed by atoms with van der Waals surface area (Å²) >= 11 is 1.26. The molecule has 33 heavy (non-hydrogen) atoms. The maximum atomic E-state index is 13.5. The minimum atomic E-state index is -0.630. The molecule has 1 aliphatic rings. The number of nitrogens with zero attached hydrogens (tertiary/aromatic N) is 2. The number of hydrogen-bond acceptors (Lipinski definition) is 7. The van der Waals surface area contributed by atoms with E-state index in [4.69, 9.17) is 9.47 Å². The van der Waals surface area contributed by atoms with Crippen molar-refractivity contribution in [1.82, 2.24) is 4.57 Å². The van der Waals surface area contributed by atoms with Crippen LogP contribution in [0.2, 0.25) is 0 Å². The number of rotatable bonds is 5. The standard InChI is InChI=1S/C25H22N2O5S/c1-4-31-24(30)21-15(2)26-25-27(22(21)18-8-6-5-7-9-18)23(29)20(33-25)14-17-10-12-19(13-11-17)32-16(3)28/h5-14,22H,4H2,1-3H3/b20-14+/t22-/m0/s1. The van der Waals surface area contributed by atoms with Crippen LogP contribution in [-0.2, 0) is 14.3 Å². The molecule has 0 amide bonds. The zero-order chi connectivity index (χ0) is 23.5. The molecule has 2 aromatic carbocycles. The number of esters is 2. The molecule has 0 spiro atoms. The fourth-order valence-corrected chi connectivity index (χ4v) is 4.74. The first kappa shape index (κ1) is 22.4. The molecular formula is C25H22N2O5S. The molecule has 0 saturated heterocycles. The molecular weight excluding hydrogens is 440 g/mol. The molecule has 7 nitrogen and oxygen atoms in total. The number of carbonyl (C=O) groups is 2. The van der Waals surface area contributed by atoms with Crippen molar-refractivity contribution in [3.8, 4) is 5.75 Å². The molecule has 0 fully saturated rings. The number of benzene rings is 2. The monoisotopic (exact) mass is 462 g/mol. The Morgan fingerprint density at radius 1 is 1.12 bits per heavy atom. The van der Waals surface area contributed by atoms with Gasteiger partial charge in [-0.15, -0.1) is 0 Å². The SMILES string of the molecule is CCOC(=O)C1=C(C)N=c2s/c(=C/c3ccc(OC(C)=O)cc3)c(=O)n2[C@H]1c1ccccc1. The summed E-state index contributed by atoms with van der Waals surface area (Å²) < 4.78 is 12.4. The van der Waals surface area contributed by atoms with Gasteiger partial charge in [0, 0.05) is 6.92 Å². The Bertz CT molecular complexity index is 1420. The normalized spacial score (nSPS) is 15.6. The third kappa shape index (κ3) is 4.56. The summed E-state index contributed by atoms with van der Waals surface area (Å²) in [6.07, 6.45) is 1.76. The summed E-state index contributed by atoms with van der Waals surface area (Å²) in [5.41, 5.74) is 2.21. The maximum Gasteiger partial charge on any atom is 0.338 e. The van der Waals surface area contributed by atoms with Crippen molar-refractivity contribution in [3.63, 3.8) is 0 Å². The Morgan fingerprint density at radius 2 is 1.82 bits per heavy atom. The van der Waals surface area contributed by atoms with E-state index in [-0.39, 0.29) is 12.2 Å². The molecule has 0 saturated carbocycles. The predicted molar refractivity (Wildman–Crippen MR) is 125 cm³/mol. The van der Waals surface area contributed by atoms with E-state index >= 15 is 0 Å². The van der Waals surface area contributed by atoms with E-state index in [1.807, 2.05) is 30.3 Å². The quantitative estimate of drug-likeness (QED) is 0.430. The van der Waals surface area contributed by atoms with Crippen LogP contribution < -0.4 is 19.6 Å². The van der Waals surface area contributed by atoms with E-state index in [1.165, 1.54) is 18.3 Å². The second-order valence-electron chi connectivity index (χ2n) is 7.38. The lowest BCUT2D eigenvalue weighted by Crippen LogP contribution is -2.39. The summed E-state index contributed by atoms with van der Waals surface area (Å²) in [5.74, 6) is -0.451. The Balaban J connectivity index is 1.85. The molecule has 0 N–H and O–H groups in total. The Kier molecular flexibility index (Phi) is 6.37. The lowest BCUT2D eigenvalue weighted by Gasteiger charge is -2.24. The number of aromatic nitrogens is 1. The Labute approximate surface area is 193 Å². The highest BCUT2D eigenvalue weighted by atomic mass is 32.1. The first-order valence-corrected chi connectivity index (χ1v) is 11.2. The lowest BCUT2D eigenvalue weighted by atomic mass is 9.96. The topological polar surface area (TPSA) is 87.0 Å². The highest BCUT2D eigenvalue weighted by molar-refractivity contribution is 7.07. The van der Waals surface area contributed by atoms with Gasteiger partial charge in [0.1, 0.15) is 5.75 Å². The predicted octanol–water partition coefficient (Wildman–Crippen LogP) is 2.72. The van der Waals surface area contributed by atoms with Crippen molar-refractivity contribution in [2.75, 3.05) is 6.61 Å². The maximum absolute atomic E-state index is 13.5. The molecule has 0 bridgehead atoms. The van der Waals surface area contributed by atoms with Gasteiger partial charge in [0.2, 0.25) is 0 Å². The molecule has 2 heterocycles. The zero-order valence-electron chi connectivity index (χ0n) is 18.4. The van der Waals surface area contributed by atoms with E-state index in [2.05, 4.69) is 4.99 Å². The van der Waals surface area contributed by atoms with Gasteiger partial charge in [-0.1, -0.05) is 53.8 Å². The number of allylic oxidation sites excluding steroid dienone is 1. The van der Waals surface area contributed by atoms with Gasteiger partial charge in [-0.2, -0.15) is 0 Å². The highest BCUT2D eigenvalue weighted by Gasteiger charge is 2.33. The number of ether oxygens (including phenoxy) is 2. The van der Waals surface area contributed by atoms with Gasteiger partial charge in [0.05, 0.1) is 28.5 Å². The molecule has 3 aromatic rings. The molecule has 4 rings (SSSR count). The highest BCUT2D eigenvalue weighted by Crippen LogP contribution is 2.30. The van der Waals surface area contributed by atoms with Crippen molar-refractivity contribution in [2.45, 2.75) is 26.8 Å². The van der Waals surface area contributed by atoms with Crippen molar-refractivity contribution in [2.24, 2.45) is 4.99 Å². The molecule has 1 aromatic heterocycles. The van der Waals surface area contributed by atoms with E-state index < -0.39 is 18.0 Å². The fourth-order valence-electron chi connectivity index (χ4n) is 3.69. The first-order valence-electron chi connectivity index (χ1n) is 10.4. The van der Waals surface area contributed by atoms with E-state index in [9.17, 15) is 14.4 Å². The Morgan fingerprint density at radius 3 is 2.45 bits per heavy atom. The van der Waals surface area contributed by atoms with Crippen LogP contribution in [0.4, 0.5) is 0 Å². The summed E-state index contributed by atoms with van der Waals surface area (Å²) in [4.78, 5) is 42.5. The van der Waals surface area contributed by atoms with E-state index in [1.54, 1.807) is 48.8 Å². The zero-order valence-corrected chi connectivity index (χ0v) is 19.2. The first-order chi connectivity index (χ1) is 15.9. The van der Waals surface area contributed by atoms with Crippen molar-refractivity contribution in [3.05, 3.63) is 96.7 Å². The van der Waals surface area contributed by atoms with Gasteiger partial charge in [-0.05, 0) is 43.2 Å². The minimum Gasteiger partial charge on any atom is -0.463 e. The van der Waals surface area contributed by atoms with Crippen LogP contribution in [0.5, 0.6) is 5.75 Å². The van der Waals surface area contributed by atoms with Gasteiger partial charge in [0.15, 0.2) is 4.80 Å². The average molecular weight is 463 g/mol. The van der Waals surface area contributed by atoms with Crippen molar-refractivity contribution >= 4 is 29.4 Å². The van der Waals surface area contributed by atoms with Gasteiger partial charge in [0.25, 0.3) is 5.56 Å². The summed E-state index contributed by atoms with van der Waals surface area (Å²) in [6, 6.07) is 15.6. The van der Waals surface area contributed by atoms with E-state index in [0.29, 0.717) is 26.4 Å². The third-order valence-electron chi connectivity index (χ3n) is 5.07. The number of carbonyl (C=O) groups excluding carboxylic acids is 2. The van der Waals surface area contributed by atoms with Crippen LogP contribution in [0, 0.1) is 0 Å². The van der Waals surface area contributed by atoms with Crippen LogP contribution in [0.3, 0.4) is 0 Å². The second-order valence-corrected chi connectivity index (χ2v) is 8.38. The van der Waals surface area contributed by atoms with Crippen molar-refractivity contribution < 1.29 is 19.1 Å². The number of thiazole rings is 1.